The van der Waals surface area contributed by atoms with Gasteiger partial charge in [0.2, 0.25) is 5.91 Å². The number of amides is 1. The van der Waals surface area contributed by atoms with Crippen molar-refractivity contribution >= 4 is 16.8 Å². The molecule has 1 aliphatic heterocycles. The lowest BCUT2D eigenvalue weighted by Gasteiger charge is -2.32. The molecule has 162 valence electrons. The Bertz CT molecular complexity index is 1050. The molecule has 0 unspecified atom stereocenters. The first-order chi connectivity index (χ1) is 15.1. The summed E-state index contributed by atoms with van der Waals surface area (Å²) in [6, 6.07) is 12.5. The molecule has 3 heterocycles. The Labute approximate surface area is 184 Å². The molecule has 2 aromatic heterocycles. The Morgan fingerprint density at radius 3 is 2.71 bits per heavy atom. The van der Waals surface area contributed by atoms with Crippen LogP contribution in [0, 0.1) is 0 Å². The van der Waals surface area contributed by atoms with E-state index in [0.29, 0.717) is 5.92 Å². The number of hydrogen-bond acceptors (Lipinski definition) is 4. The van der Waals surface area contributed by atoms with Gasteiger partial charge < -0.3 is 9.80 Å². The second-order valence-electron chi connectivity index (χ2n) is 8.52. The van der Waals surface area contributed by atoms with Crippen LogP contribution in [0.1, 0.15) is 30.9 Å². The molecule has 6 heteroatoms. The Balaban J connectivity index is 1.66. The Hall–Kier alpha value is -2.99. The number of aryl methyl sites for hydroxylation is 1. The highest BCUT2D eigenvalue weighted by Crippen LogP contribution is 2.35. The zero-order valence-electron chi connectivity index (χ0n) is 18.5. The fraction of sp³-hybridized carbons (Fsp3) is 0.400. The summed E-state index contributed by atoms with van der Waals surface area (Å²) in [4.78, 5) is 20.6. The quantitative estimate of drug-likeness (QED) is 0.547. The molecule has 0 atom stereocenters. The summed E-state index contributed by atoms with van der Waals surface area (Å²) in [7, 11) is 4.21. The second-order valence-corrected chi connectivity index (χ2v) is 8.52. The van der Waals surface area contributed by atoms with E-state index in [1.807, 2.05) is 29.3 Å². The van der Waals surface area contributed by atoms with Gasteiger partial charge in [0.1, 0.15) is 0 Å². The van der Waals surface area contributed by atoms with Crippen molar-refractivity contribution in [2.75, 3.05) is 33.7 Å². The van der Waals surface area contributed by atoms with E-state index in [1.54, 1.807) is 0 Å². The third kappa shape index (κ3) is 4.69. The fourth-order valence-corrected chi connectivity index (χ4v) is 4.49. The van der Waals surface area contributed by atoms with Gasteiger partial charge in [0.15, 0.2) is 0 Å². The summed E-state index contributed by atoms with van der Waals surface area (Å²) in [6.07, 6.45) is 6.20. The maximum atomic E-state index is 12.0. The van der Waals surface area contributed by atoms with E-state index in [1.165, 1.54) is 17.2 Å². The first kappa shape index (κ1) is 21.2. The highest BCUT2D eigenvalue weighted by Gasteiger charge is 2.27. The first-order valence-corrected chi connectivity index (χ1v) is 11.0. The lowest BCUT2D eigenvalue weighted by molar-refractivity contribution is -0.127. The van der Waals surface area contributed by atoms with Crippen LogP contribution in [0.5, 0.6) is 0 Å². The van der Waals surface area contributed by atoms with Crippen molar-refractivity contribution in [1.82, 2.24) is 24.6 Å². The van der Waals surface area contributed by atoms with Crippen LogP contribution < -0.4 is 0 Å². The predicted octanol–water partition coefficient (Wildman–Crippen LogP) is 3.94. The van der Waals surface area contributed by atoms with E-state index in [2.05, 4.69) is 53.4 Å². The van der Waals surface area contributed by atoms with E-state index in [0.717, 1.165) is 62.2 Å². The Morgan fingerprint density at radius 1 is 1.23 bits per heavy atom. The molecule has 6 nitrogen and oxygen atoms in total. The van der Waals surface area contributed by atoms with Gasteiger partial charge in [0.25, 0.3) is 0 Å². The molecule has 1 saturated heterocycles. The van der Waals surface area contributed by atoms with E-state index < -0.39 is 0 Å². The minimum absolute atomic E-state index is 0.0304. The molecule has 31 heavy (non-hydrogen) atoms. The molecule has 1 amide bonds. The number of nitrogens with zero attached hydrogens (tertiary/aromatic N) is 5. The van der Waals surface area contributed by atoms with Crippen LogP contribution in [-0.2, 0) is 11.3 Å². The monoisotopic (exact) mass is 417 g/mol. The maximum Gasteiger partial charge on any atom is 0.245 e. The van der Waals surface area contributed by atoms with Gasteiger partial charge in [-0.2, -0.15) is 5.10 Å². The van der Waals surface area contributed by atoms with Crippen LogP contribution in [0.4, 0.5) is 0 Å². The van der Waals surface area contributed by atoms with Crippen LogP contribution in [0.25, 0.3) is 22.2 Å². The van der Waals surface area contributed by atoms with Gasteiger partial charge in [-0.3, -0.25) is 14.5 Å². The summed E-state index contributed by atoms with van der Waals surface area (Å²) >= 11 is 0. The molecule has 0 radical (unpaired) electrons. The minimum Gasteiger partial charge on any atom is -0.339 e. The lowest BCUT2D eigenvalue weighted by Crippen LogP contribution is -2.37. The predicted molar refractivity (Wildman–Crippen MR) is 125 cm³/mol. The molecule has 1 aliphatic rings. The summed E-state index contributed by atoms with van der Waals surface area (Å²) in [5, 5.41) is 6.24. The van der Waals surface area contributed by atoms with E-state index in [-0.39, 0.29) is 5.91 Å². The van der Waals surface area contributed by atoms with Gasteiger partial charge in [-0.25, -0.2) is 0 Å². The summed E-state index contributed by atoms with van der Waals surface area (Å²) in [5.41, 5.74) is 4.38. The summed E-state index contributed by atoms with van der Waals surface area (Å²) in [6.45, 7) is 7.09. The fourth-order valence-electron chi connectivity index (χ4n) is 4.49. The van der Waals surface area contributed by atoms with Gasteiger partial charge in [-0.1, -0.05) is 24.8 Å². The summed E-state index contributed by atoms with van der Waals surface area (Å²) in [5.74, 6) is 0.432. The third-order valence-electron chi connectivity index (χ3n) is 6.08. The normalized spacial score (nSPS) is 15.0. The SMILES string of the molecule is C=CC(=O)N1CCC(c2c3ccc(-c4ccccn4)cc3nn2CCCN(C)C)CC1. The molecule has 0 N–H and O–H groups in total. The Kier molecular flexibility index (Phi) is 6.47. The van der Waals surface area contributed by atoms with Gasteiger partial charge in [-0.15, -0.1) is 0 Å². The zero-order valence-corrected chi connectivity index (χ0v) is 18.5. The lowest BCUT2D eigenvalue weighted by atomic mass is 9.91. The maximum absolute atomic E-state index is 12.0. The number of aromatic nitrogens is 3. The standard InChI is InChI=1S/C25H31N5O/c1-4-24(31)29-16-11-19(12-17-29)25-21-10-9-20(22-8-5-6-13-26-22)18-23(21)27-30(25)15-7-14-28(2)3/h4-6,8-10,13,18-19H,1,7,11-12,14-17H2,2-3H3. The minimum atomic E-state index is 0.0304. The summed E-state index contributed by atoms with van der Waals surface area (Å²) < 4.78 is 2.21. The van der Waals surface area contributed by atoms with Crippen molar-refractivity contribution in [2.24, 2.45) is 0 Å². The number of carbonyl (C=O) groups is 1. The van der Waals surface area contributed by atoms with Gasteiger partial charge in [0.05, 0.1) is 11.2 Å². The van der Waals surface area contributed by atoms with Crippen molar-refractivity contribution in [3.05, 3.63) is 60.9 Å². The highest BCUT2D eigenvalue weighted by molar-refractivity contribution is 5.88. The van der Waals surface area contributed by atoms with Crippen LogP contribution in [-0.4, -0.2) is 64.2 Å². The van der Waals surface area contributed by atoms with Crippen molar-refractivity contribution in [2.45, 2.75) is 31.7 Å². The number of likely N-dealkylation sites (tertiary alicyclic amines) is 1. The molecule has 0 spiro atoms. The van der Waals surface area contributed by atoms with Crippen LogP contribution in [0.15, 0.2) is 55.3 Å². The largest absolute Gasteiger partial charge is 0.339 e. The number of pyridine rings is 1. The molecule has 3 aromatic rings. The molecule has 1 aromatic carbocycles. The van der Waals surface area contributed by atoms with E-state index >= 15 is 0 Å². The average Bonchev–Trinajstić information content (AvgIpc) is 3.16. The number of fused-ring (bicyclic) bond motifs is 1. The number of piperidine rings is 1. The number of carbonyl (C=O) groups excluding carboxylic acids is 1. The second kappa shape index (κ2) is 9.43. The zero-order chi connectivity index (χ0) is 21.8. The van der Waals surface area contributed by atoms with Gasteiger partial charge in [-0.05, 0) is 64.2 Å². The molecule has 0 bridgehead atoms. The highest BCUT2D eigenvalue weighted by atomic mass is 16.2. The molecule has 4 rings (SSSR count). The average molecular weight is 418 g/mol. The van der Waals surface area contributed by atoms with Crippen molar-refractivity contribution in [1.29, 1.82) is 0 Å². The number of benzene rings is 1. The number of hydrogen-bond donors (Lipinski definition) is 0. The van der Waals surface area contributed by atoms with Crippen LogP contribution in [0.2, 0.25) is 0 Å². The van der Waals surface area contributed by atoms with Crippen molar-refractivity contribution in [3.63, 3.8) is 0 Å². The molecule has 1 fully saturated rings. The van der Waals surface area contributed by atoms with E-state index in [9.17, 15) is 4.79 Å². The third-order valence-corrected chi connectivity index (χ3v) is 6.08. The Morgan fingerprint density at radius 2 is 2.03 bits per heavy atom. The molecular formula is C25H31N5O. The molecular weight excluding hydrogens is 386 g/mol. The smallest absolute Gasteiger partial charge is 0.245 e. The van der Waals surface area contributed by atoms with Crippen LogP contribution in [0.3, 0.4) is 0 Å². The van der Waals surface area contributed by atoms with Crippen molar-refractivity contribution < 1.29 is 4.79 Å². The van der Waals surface area contributed by atoms with Gasteiger partial charge >= 0.3 is 0 Å². The topological polar surface area (TPSA) is 54.3 Å². The molecule has 0 saturated carbocycles. The van der Waals surface area contributed by atoms with Crippen molar-refractivity contribution in [3.8, 4) is 11.3 Å². The molecule has 0 aliphatic carbocycles. The van der Waals surface area contributed by atoms with Crippen LogP contribution >= 0.6 is 0 Å². The van der Waals surface area contributed by atoms with E-state index in [4.69, 9.17) is 5.10 Å². The van der Waals surface area contributed by atoms with Gasteiger partial charge in [0, 0.05) is 48.4 Å². The number of rotatable bonds is 7. The first-order valence-electron chi connectivity index (χ1n) is 11.0.